The summed E-state index contributed by atoms with van der Waals surface area (Å²) in [4.78, 5) is 0. The first-order valence-corrected chi connectivity index (χ1v) is 9.06. The summed E-state index contributed by atoms with van der Waals surface area (Å²) in [5.74, 6) is 1.02. The van der Waals surface area contributed by atoms with Crippen LogP contribution >= 0.6 is 0 Å². The normalized spacial score (nSPS) is 23.2. The van der Waals surface area contributed by atoms with E-state index in [4.69, 9.17) is 4.74 Å². The van der Waals surface area contributed by atoms with E-state index in [1.807, 2.05) is 0 Å². The standard InChI is InChI=1S/C17H31N5O/c1-14(16-21-19-13-22(16)11-12-23-2)20-15-3-5-17(6-4-15)7-9-18-10-8-17/h13-15,18,20H,3-12H2,1-2H3/t14-/m0/s1. The van der Waals surface area contributed by atoms with Gasteiger partial charge >= 0.3 is 0 Å². The Labute approximate surface area is 139 Å². The number of nitrogens with one attached hydrogen (secondary N) is 2. The Bertz CT molecular complexity index is 473. The summed E-state index contributed by atoms with van der Waals surface area (Å²) >= 11 is 0. The quantitative estimate of drug-likeness (QED) is 0.838. The van der Waals surface area contributed by atoms with Gasteiger partial charge in [-0.2, -0.15) is 0 Å². The number of aromatic nitrogens is 3. The number of methoxy groups -OCH3 is 1. The Balaban J connectivity index is 1.51. The van der Waals surface area contributed by atoms with Crippen LogP contribution < -0.4 is 10.6 Å². The fourth-order valence-corrected chi connectivity index (χ4v) is 4.24. The molecule has 3 rings (SSSR count). The highest BCUT2D eigenvalue weighted by molar-refractivity contribution is 4.97. The van der Waals surface area contributed by atoms with Crippen molar-refractivity contribution in [3.05, 3.63) is 12.2 Å². The second-order valence-corrected chi connectivity index (χ2v) is 7.29. The topological polar surface area (TPSA) is 64.0 Å². The molecule has 1 aliphatic carbocycles. The molecule has 2 fully saturated rings. The summed E-state index contributed by atoms with van der Waals surface area (Å²) in [6, 6.07) is 0.847. The summed E-state index contributed by atoms with van der Waals surface area (Å²) < 4.78 is 7.26. The van der Waals surface area contributed by atoms with E-state index in [1.54, 1.807) is 13.4 Å². The van der Waals surface area contributed by atoms with Gasteiger partial charge in [0.2, 0.25) is 0 Å². The molecule has 2 N–H and O–H groups in total. The molecule has 130 valence electrons. The lowest BCUT2D eigenvalue weighted by molar-refractivity contribution is 0.112. The molecule has 1 saturated carbocycles. The predicted molar refractivity (Wildman–Crippen MR) is 90.2 cm³/mol. The molecule has 1 aromatic heterocycles. The zero-order valence-corrected chi connectivity index (χ0v) is 14.6. The lowest BCUT2D eigenvalue weighted by Crippen LogP contribution is -2.43. The molecule has 0 amide bonds. The molecule has 2 aliphatic rings. The van der Waals surface area contributed by atoms with Crippen LogP contribution in [0.1, 0.15) is 57.3 Å². The molecule has 1 atom stereocenters. The van der Waals surface area contributed by atoms with E-state index in [-0.39, 0.29) is 6.04 Å². The Morgan fingerprint density at radius 3 is 2.78 bits per heavy atom. The second-order valence-electron chi connectivity index (χ2n) is 7.29. The molecule has 0 unspecified atom stereocenters. The Kier molecular flexibility index (Phi) is 5.67. The first-order valence-electron chi connectivity index (χ1n) is 9.06. The molecule has 0 bridgehead atoms. The number of rotatable bonds is 6. The monoisotopic (exact) mass is 321 g/mol. The third-order valence-corrected chi connectivity index (χ3v) is 5.77. The van der Waals surface area contributed by atoms with Crippen molar-refractivity contribution in [2.75, 3.05) is 26.8 Å². The minimum Gasteiger partial charge on any atom is -0.383 e. The maximum atomic E-state index is 5.16. The molecule has 6 heteroatoms. The summed E-state index contributed by atoms with van der Waals surface area (Å²) in [7, 11) is 1.73. The van der Waals surface area contributed by atoms with Crippen molar-refractivity contribution in [3.8, 4) is 0 Å². The highest BCUT2D eigenvalue weighted by Crippen LogP contribution is 2.43. The second kappa shape index (κ2) is 7.73. The third-order valence-electron chi connectivity index (χ3n) is 5.77. The Morgan fingerprint density at radius 2 is 2.09 bits per heavy atom. The third kappa shape index (κ3) is 4.11. The minimum absolute atomic E-state index is 0.237. The van der Waals surface area contributed by atoms with Gasteiger partial charge in [-0.1, -0.05) is 0 Å². The van der Waals surface area contributed by atoms with Crippen LogP contribution in [0, 0.1) is 5.41 Å². The fraction of sp³-hybridized carbons (Fsp3) is 0.882. The van der Waals surface area contributed by atoms with Gasteiger partial charge in [-0.25, -0.2) is 0 Å². The molecule has 1 aromatic rings. The van der Waals surface area contributed by atoms with Gasteiger partial charge in [0, 0.05) is 19.7 Å². The first-order chi connectivity index (χ1) is 11.2. The highest BCUT2D eigenvalue weighted by Gasteiger charge is 2.36. The average Bonchev–Trinajstić information content (AvgIpc) is 3.05. The van der Waals surface area contributed by atoms with Crippen LogP contribution in [0.3, 0.4) is 0 Å². The molecular formula is C17H31N5O. The van der Waals surface area contributed by atoms with Gasteiger partial charge in [-0.05, 0) is 64.0 Å². The minimum atomic E-state index is 0.237. The highest BCUT2D eigenvalue weighted by atomic mass is 16.5. The lowest BCUT2D eigenvalue weighted by atomic mass is 9.67. The maximum absolute atomic E-state index is 5.16. The molecule has 0 aromatic carbocycles. The Hall–Kier alpha value is -0.980. The molecule has 0 radical (unpaired) electrons. The largest absolute Gasteiger partial charge is 0.383 e. The molecule has 6 nitrogen and oxygen atoms in total. The van der Waals surface area contributed by atoms with Crippen LogP contribution in [-0.4, -0.2) is 47.6 Å². The van der Waals surface area contributed by atoms with Crippen molar-refractivity contribution < 1.29 is 4.74 Å². The van der Waals surface area contributed by atoms with Crippen molar-refractivity contribution in [1.82, 2.24) is 25.4 Å². The van der Waals surface area contributed by atoms with Crippen molar-refractivity contribution in [3.63, 3.8) is 0 Å². The number of nitrogens with zero attached hydrogens (tertiary/aromatic N) is 3. The van der Waals surface area contributed by atoms with Crippen LogP contribution in [0.15, 0.2) is 6.33 Å². The van der Waals surface area contributed by atoms with Crippen LogP contribution in [0.2, 0.25) is 0 Å². The summed E-state index contributed by atoms with van der Waals surface area (Å²) in [6.07, 6.45) is 9.84. The van der Waals surface area contributed by atoms with Crippen LogP contribution in [0.5, 0.6) is 0 Å². The van der Waals surface area contributed by atoms with Gasteiger partial charge in [0.15, 0.2) is 0 Å². The van der Waals surface area contributed by atoms with E-state index in [0.29, 0.717) is 18.1 Å². The molecule has 1 aliphatic heterocycles. The fourth-order valence-electron chi connectivity index (χ4n) is 4.24. The average molecular weight is 321 g/mol. The van der Waals surface area contributed by atoms with Gasteiger partial charge < -0.3 is 19.9 Å². The Morgan fingerprint density at radius 1 is 1.35 bits per heavy atom. The van der Waals surface area contributed by atoms with Crippen molar-refractivity contribution in [1.29, 1.82) is 0 Å². The zero-order valence-electron chi connectivity index (χ0n) is 14.6. The molecule has 2 heterocycles. The van der Waals surface area contributed by atoms with Gasteiger partial charge in [0.25, 0.3) is 0 Å². The summed E-state index contributed by atoms with van der Waals surface area (Å²) in [5.41, 5.74) is 0.630. The van der Waals surface area contributed by atoms with Gasteiger partial charge in [0.1, 0.15) is 12.2 Å². The zero-order chi connectivity index (χ0) is 16.1. The van der Waals surface area contributed by atoms with E-state index in [0.717, 1.165) is 12.4 Å². The smallest absolute Gasteiger partial charge is 0.149 e. The van der Waals surface area contributed by atoms with E-state index < -0.39 is 0 Å². The number of hydrogen-bond donors (Lipinski definition) is 2. The van der Waals surface area contributed by atoms with Crippen LogP contribution in [0.25, 0.3) is 0 Å². The van der Waals surface area contributed by atoms with Crippen LogP contribution in [0.4, 0.5) is 0 Å². The van der Waals surface area contributed by atoms with Gasteiger partial charge in [-0.15, -0.1) is 10.2 Å². The van der Waals surface area contributed by atoms with E-state index in [2.05, 4.69) is 32.3 Å². The van der Waals surface area contributed by atoms with Gasteiger partial charge in [-0.3, -0.25) is 0 Å². The molecule has 1 saturated heterocycles. The lowest BCUT2D eigenvalue weighted by Gasteiger charge is -2.43. The summed E-state index contributed by atoms with van der Waals surface area (Å²) in [6.45, 7) is 6.11. The summed E-state index contributed by atoms with van der Waals surface area (Å²) in [5, 5.41) is 15.7. The SMILES string of the molecule is COCCn1cnnc1[C@H](C)NC1CCC2(CCNCC2)CC1. The molecule has 23 heavy (non-hydrogen) atoms. The van der Waals surface area contributed by atoms with Crippen molar-refractivity contribution >= 4 is 0 Å². The molecular weight excluding hydrogens is 290 g/mol. The van der Waals surface area contributed by atoms with E-state index >= 15 is 0 Å². The first kappa shape index (κ1) is 16.9. The number of ether oxygens (including phenoxy) is 1. The predicted octanol–water partition coefficient (Wildman–Crippen LogP) is 1.89. The van der Waals surface area contributed by atoms with Gasteiger partial charge in [0.05, 0.1) is 12.6 Å². The van der Waals surface area contributed by atoms with Crippen molar-refractivity contribution in [2.24, 2.45) is 5.41 Å². The number of hydrogen-bond acceptors (Lipinski definition) is 5. The number of piperidine rings is 1. The van der Waals surface area contributed by atoms with E-state index in [1.165, 1.54) is 51.6 Å². The van der Waals surface area contributed by atoms with E-state index in [9.17, 15) is 0 Å². The van der Waals surface area contributed by atoms with Crippen molar-refractivity contribution in [2.45, 2.75) is 64.1 Å². The molecule has 1 spiro atoms. The van der Waals surface area contributed by atoms with Crippen LogP contribution in [-0.2, 0) is 11.3 Å². The maximum Gasteiger partial charge on any atom is 0.149 e.